The van der Waals surface area contributed by atoms with E-state index in [2.05, 4.69) is 10.1 Å². The number of para-hydroxylation sites is 1. The molecule has 2 aromatic rings. The van der Waals surface area contributed by atoms with Crippen molar-refractivity contribution in [2.75, 3.05) is 19.7 Å². The van der Waals surface area contributed by atoms with E-state index < -0.39 is 5.60 Å². The van der Waals surface area contributed by atoms with Crippen molar-refractivity contribution in [1.29, 1.82) is 0 Å². The molecule has 1 amide bonds. The summed E-state index contributed by atoms with van der Waals surface area (Å²) in [6.45, 7) is 3.72. The zero-order chi connectivity index (χ0) is 17.7. The lowest BCUT2D eigenvalue weighted by Crippen LogP contribution is -2.40. The number of carbonyl (C=O) groups is 1. The molecule has 7 heteroatoms. The molecule has 0 aliphatic carbocycles. The molecule has 134 valence electrons. The Kier molecular flexibility index (Phi) is 5.33. The Morgan fingerprint density at radius 1 is 1.40 bits per heavy atom. The van der Waals surface area contributed by atoms with Crippen molar-refractivity contribution < 1.29 is 14.6 Å². The first-order chi connectivity index (χ1) is 12.1. The summed E-state index contributed by atoms with van der Waals surface area (Å²) in [5.41, 5.74) is 0.0502. The molecule has 0 spiro atoms. The molecule has 1 saturated heterocycles. The van der Waals surface area contributed by atoms with E-state index in [9.17, 15) is 9.90 Å². The van der Waals surface area contributed by atoms with Gasteiger partial charge in [0.2, 0.25) is 5.91 Å². The van der Waals surface area contributed by atoms with Gasteiger partial charge in [-0.2, -0.15) is 5.10 Å². The molecule has 25 heavy (non-hydrogen) atoms. The van der Waals surface area contributed by atoms with Crippen molar-refractivity contribution in [3.8, 4) is 5.75 Å². The van der Waals surface area contributed by atoms with E-state index in [-0.39, 0.29) is 12.5 Å². The highest BCUT2D eigenvalue weighted by Gasteiger charge is 2.38. The summed E-state index contributed by atoms with van der Waals surface area (Å²) in [5.74, 6) is 0.834. The van der Waals surface area contributed by atoms with Crippen molar-refractivity contribution in [3.63, 3.8) is 0 Å². The molecule has 1 aliphatic heterocycles. The van der Waals surface area contributed by atoms with Crippen LogP contribution in [-0.4, -0.2) is 56.0 Å². The summed E-state index contributed by atoms with van der Waals surface area (Å²) < 4.78 is 7.49. The molecule has 1 aliphatic rings. The fraction of sp³-hybridized carbons (Fsp3) is 0.500. The molecule has 2 heterocycles. The first kappa shape index (κ1) is 17.4. The third-order valence-electron chi connectivity index (χ3n) is 4.52. The van der Waals surface area contributed by atoms with Crippen LogP contribution in [0.15, 0.2) is 36.9 Å². The Labute approximate surface area is 147 Å². The number of β-amino-alcohol motifs (C(OH)–C–C–N with tert-alkyl or cyclic N) is 1. The van der Waals surface area contributed by atoms with Crippen molar-refractivity contribution in [3.05, 3.63) is 42.5 Å². The second-order valence-corrected chi connectivity index (χ2v) is 6.61. The molecule has 1 fully saturated rings. The predicted octanol–water partition coefficient (Wildman–Crippen LogP) is 1.41. The van der Waals surface area contributed by atoms with Gasteiger partial charge in [0.1, 0.15) is 30.6 Å². The Balaban J connectivity index is 1.45. The summed E-state index contributed by atoms with van der Waals surface area (Å²) in [6.07, 6.45) is 4.80. The zero-order valence-electron chi connectivity index (χ0n) is 14.5. The molecular formula is C18H24N4O3. The first-order valence-corrected chi connectivity index (χ1v) is 8.57. The van der Waals surface area contributed by atoms with Crippen LogP contribution in [0.4, 0.5) is 0 Å². The van der Waals surface area contributed by atoms with Crippen LogP contribution < -0.4 is 4.74 Å². The van der Waals surface area contributed by atoms with Gasteiger partial charge in [0.15, 0.2) is 0 Å². The van der Waals surface area contributed by atoms with Crippen LogP contribution in [-0.2, 0) is 11.3 Å². The number of rotatable bonds is 7. The Morgan fingerprint density at radius 3 is 3.00 bits per heavy atom. The van der Waals surface area contributed by atoms with Gasteiger partial charge in [-0.25, -0.2) is 4.98 Å². The Bertz CT molecular complexity index is 704. The third-order valence-corrected chi connectivity index (χ3v) is 4.52. The lowest BCUT2D eigenvalue weighted by atomic mass is 10.1. The van der Waals surface area contributed by atoms with E-state index in [4.69, 9.17) is 4.74 Å². The molecule has 1 atom stereocenters. The summed E-state index contributed by atoms with van der Waals surface area (Å²) >= 11 is 0. The van der Waals surface area contributed by atoms with Gasteiger partial charge >= 0.3 is 0 Å². The van der Waals surface area contributed by atoms with Gasteiger partial charge in [0, 0.05) is 19.5 Å². The molecule has 0 saturated carbocycles. The van der Waals surface area contributed by atoms with E-state index in [1.165, 1.54) is 6.33 Å². The largest absolute Gasteiger partial charge is 0.490 e. The number of hydrogen-bond donors (Lipinski definition) is 1. The standard InChI is InChI=1S/C18H24N4O3/c1-15-5-2-3-6-16(15)25-12-18(24)8-10-21(11-18)17(23)7-4-9-22-14-19-13-20-22/h2-3,5-6,13-14,24H,4,7-12H2,1H3/t18-/m1/s1. The lowest BCUT2D eigenvalue weighted by Gasteiger charge is -2.24. The van der Waals surface area contributed by atoms with Crippen LogP contribution >= 0.6 is 0 Å². The summed E-state index contributed by atoms with van der Waals surface area (Å²) in [6, 6.07) is 7.72. The van der Waals surface area contributed by atoms with E-state index in [1.54, 1.807) is 15.9 Å². The zero-order valence-corrected chi connectivity index (χ0v) is 14.5. The minimum absolute atomic E-state index is 0.0620. The van der Waals surface area contributed by atoms with Crippen LogP contribution in [0, 0.1) is 6.92 Å². The van der Waals surface area contributed by atoms with Crippen LogP contribution in [0.3, 0.4) is 0 Å². The van der Waals surface area contributed by atoms with E-state index in [0.717, 1.165) is 11.3 Å². The SMILES string of the molecule is Cc1ccccc1OC[C@@]1(O)CCN(C(=O)CCCn2cncn2)C1. The van der Waals surface area contributed by atoms with Gasteiger partial charge < -0.3 is 14.7 Å². The maximum absolute atomic E-state index is 12.3. The average Bonchev–Trinajstić information content (AvgIpc) is 3.24. The molecular weight excluding hydrogens is 320 g/mol. The van der Waals surface area contributed by atoms with Crippen molar-refractivity contribution in [1.82, 2.24) is 19.7 Å². The molecule has 0 bridgehead atoms. The van der Waals surface area contributed by atoms with Crippen LogP contribution in [0.25, 0.3) is 0 Å². The second-order valence-electron chi connectivity index (χ2n) is 6.61. The van der Waals surface area contributed by atoms with Crippen molar-refractivity contribution in [2.24, 2.45) is 0 Å². The predicted molar refractivity (Wildman–Crippen MR) is 92.1 cm³/mol. The number of aromatic nitrogens is 3. The normalized spacial score (nSPS) is 20.0. The fourth-order valence-electron chi connectivity index (χ4n) is 3.02. The minimum Gasteiger partial charge on any atom is -0.490 e. The van der Waals surface area contributed by atoms with Crippen LogP contribution in [0.5, 0.6) is 5.75 Å². The number of aryl methyl sites for hydroxylation is 2. The third kappa shape index (κ3) is 4.57. The fourth-order valence-corrected chi connectivity index (χ4v) is 3.02. The lowest BCUT2D eigenvalue weighted by molar-refractivity contribution is -0.131. The van der Waals surface area contributed by atoms with Crippen LogP contribution in [0.1, 0.15) is 24.8 Å². The number of likely N-dealkylation sites (tertiary alicyclic amines) is 1. The number of amides is 1. The van der Waals surface area contributed by atoms with Gasteiger partial charge in [0.05, 0.1) is 6.54 Å². The molecule has 0 unspecified atom stereocenters. The van der Waals surface area contributed by atoms with Crippen molar-refractivity contribution in [2.45, 2.75) is 38.3 Å². The Hall–Kier alpha value is -2.41. The maximum Gasteiger partial charge on any atom is 0.222 e. The molecule has 7 nitrogen and oxygen atoms in total. The topological polar surface area (TPSA) is 80.5 Å². The van der Waals surface area contributed by atoms with Gasteiger partial charge in [-0.05, 0) is 31.4 Å². The second kappa shape index (κ2) is 7.65. The summed E-state index contributed by atoms with van der Waals surface area (Å²) in [5, 5.41) is 14.7. The number of ether oxygens (including phenoxy) is 1. The van der Waals surface area contributed by atoms with E-state index in [0.29, 0.717) is 38.9 Å². The van der Waals surface area contributed by atoms with Gasteiger partial charge in [-0.1, -0.05) is 18.2 Å². The monoisotopic (exact) mass is 344 g/mol. The number of benzene rings is 1. The number of aliphatic hydroxyl groups is 1. The number of hydrogen-bond acceptors (Lipinski definition) is 5. The maximum atomic E-state index is 12.3. The Morgan fingerprint density at radius 2 is 2.24 bits per heavy atom. The van der Waals surface area contributed by atoms with Crippen LogP contribution in [0.2, 0.25) is 0 Å². The molecule has 1 N–H and O–H groups in total. The summed E-state index contributed by atoms with van der Waals surface area (Å²) in [4.78, 5) is 17.9. The molecule has 1 aromatic heterocycles. The quantitative estimate of drug-likeness (QED) is 0.821. The number of nitrogens with zero attached hydrogens (tertiary/aromatic N) is 4. The number of carbonyl (C=O) groups excluding carboxylic acids is 1. The first-order valence-electron chi connectivity index (χ1n) is 8.57. The average molecular weight is 344 g/mol. The van der Waals surface area contributed by atoms with Gasteiger partial charge in [-0.15, -0.1) is 0 Å². The highest BCUT2D eigenvalue weighted by Crippen LogP contribution is 2.25. The highest BCUT2D eigenvalue weighted by atomic mass is 16.5. The molecule has 0 radical (unpaired) electrons. The highest BCUT2D eigenvalue weighted by molar-refractivity contribution is 5.76. The van der Waals surface area contributed by atoms with Crippen molar-refractivity contribution >= 4 is 5.91 Å². The van der Waals surface area contributed by atoms with E-state index >= 15 is 0 Å². The molecule has 1 aromatic carbocycles. The molecule has 3 rings (SSSR count). The van der Waals surface area contributed by atoms with Gasteiger partial charge in [-0.3, -0.25) is 9.48 Å². The smallest absolute Gasteiger partial charge is 0.222 e. The minimum atomic E-state index is -0.982. The van der Waals surface area contributed by atoms with Gasteiger partial charge in [0.25, 0.3) is 0 Å². The summed E-state index contributed by atoms with van der Waals surface area (Å²) in [7, 11) is 0. The van der Waals surface area contributed by atoms with E-state index in [1.807, 2.05) is 31.2 Å².